The lowest BCUT2D eigenvalue weighted by Gasteiger charge is -2.10. The third kappa shape index (κ3) is 5.32. The summed E-state index contributed by atoms with van der Waals surface area (Å²) in [4.78, 5) is 34.7. The number of nitrogens with zero attached hydrogens (tertiary/aromatic N) is 2. The van der Waals surface area contributed by atoms with Crippen LogP contribution < -0.4 is 21.7 Å². The Kier molecular flexibility index (Phi) is 6.25. The summed E-state index contributed by atoms with van der Waals surface area (Å²) >= 11 is 0. The molecule has 0 fully saturated rings. The Hall–Kier alpha value is -3.36. The van der Waals surface area contributed by atoms with Crippen molar-refractivity contribution in [3.05, 3.63) is 46.3 Å². The first-order chi connectivity index (χ1) is 13.5. The molecule has 0 saturated heterocycles. The zero-order chi connectivity index (χ0) is 19.9. The summed E-state index contributed by atoms with van der Waals surface area (Å²) in [7, 11) is 0. The molecule has 0 unspecified atom stereocenters. The van der Waals surface area contributed by atoms with E-state index in [1.165, 1.54) is 0 Å². The molecule has 0 atom stereocenters. The van der Waals surface area contributed by atoms with Gasteiger partial charge in [0, 0.05) is 43.0 Å². The van der Waals surface area contributed by atoms with E-state index < -0.39 is 5.76 Å². The molecular formula is C19H24N6O3. The van der Waals surface area contributed by atoms with Crippen molar-refractivity contribution in [1.29, 1.82) is 0 Å². The summed E-state index contributed by atoms with van der Waals surface area (Å²) in [6.07, 6.45) is 3.02. The van der Waals surface area contributed by atoms with Crippen molar-refractivity contribution in [3.8, 4) is 0 Å². The molecule has 1 aromatic carbocycles. The molecule has 2 aromatic heterocycles. The van der Waals surface area contributed by atoms with Crippen LogP contribution in [0.5, 0.6) is 0 Å². The Labute approximate surface area is 162 Å². The van der Waals surface area contributed by atoms with Crippen molar-refractivity contribution in [2.24, 2.45) is 0 Å². The number of amides is 2. The number of aromatic amines is 1. The van der Waals surface area contributed by atoms with Crippen molar-refractivity contribution < 1.29 is 9.21 Å². The lowest BCUT2D eigenvalue weighted by atomic mass is 10.2. The van der Waals surface area contributed by atoms with E-state index in [0.717, 1.165) is 36.6 Å². The highest BCUT2D eigenvalue weighted by molar-refractivity contribution is 5.91. The van der Waals surface area contributed by atoms with Crippen LogP contribution in [0.3, 0.4) is 0 Å². The molecule has 0 aliphatic heterocycles. The van der Waals surface area contributed by atoms with Crippen molar-refractivity contribution >= 4 is 28.6 Å². The molecule has 3 rings (SSSR count). The molecule has 4 N–H and O–H groups in total. The van der Waals surface area contributed by atoms with E-state index in [1.54, 1.807) is 18.2 Å². The van der Waals surface area contributed by atoms with Gasteiger partial charge in [-0.25, -0.2) is 19.6 Å². The molecule has 3 aromatic rings. The normalized spacial score (nSPS) is 10.8. The zero-order valence-electron chi connectivity index (χ0n) is 16.0. The summed E-state index contributed by atoms with van der Waals surface area (Å²) in [6.45, 7) is 5.03. The van der Waals surface area contributed by atoms with Crippen LogP contribution in [0, 0.1) is 6.92 Å². The Morgan fingerprint density at radius 1 is 1.21 bits per heavy atom. The van der Waals surface area contributed by atoms with Gasteiger partial charge in [-0.15, -0.1) is 0 Å². The number of unbranched alkanes of at least 4 members (excludes halogenated alkanes) is 1. The standard InChI is InChI=1S/C19H24N6O3/c1-3-4-5-16-22-12(2)10-17(25-16)20-8-9-21-18(26)23-13-6-7-14-15(11-13)28-19(27)24-14/h6-7,10-11H,3-5,8-9H2,1-2H3,(H,24,27)(H,20,22,25)(H2,21,23,26). The highest BCUT2D eigenvalue weighted by Crippen LogP contribution is 2.16. The average Bonchev–Trinajstić information content (AvgIpc) is 3.02. The Balaban J connectivity index is 1.46. The highest BCUT2D eigenvalue weighted by Gasteiger charge is 2.06. The largest absolute Gasteiger partial charge is 0.417 e. The van der Waals surface area contributed by atoms with Crippen LogP contribution in [0.1, 0.15) is 31.3 Å². The molecule has 0 bridgehead atoms. The predicted molar refractivity (Wildman–Crippen MR) is 108 cm³/mol. The molecular weight excluding hydrogens is 360 g/mol. The van der Waals surface area contributed by atoms with E-state index in [2.05, 4.69) is 37.8 Å². The Morgan fingerprint density at radius 2 is 2.07 bits per heavy atom. The topological polar surface area (TPSA) is 125 Å². The number of carbonyl (C=O) groups is 1. The van der Waals surface area contributed by atoms with Gasteiger partial charge in [-0.05, 0) is 25.5 Å². The third-order valence-corrected chi connectivity index (χ3v) is 4.05. The molecule has 28 heavy (non-hydrogen) atoms. The summed E-state index contributed by atoms with van der Waals surface area (Å²) in [5.41, 5.74) is 2.43. The second-order valence-corrected chi connectivity index (χ2v) is 6.45. The summed E-state index contributed by atoms with van der Waals surface area (Å²) in [6, 6.07) is 6.49. The number of rotatable bonds is 8. The molecule has 0 saturated carbocycles. The van der Waals surface area contributed by atoms with Gasteiger partial charge in [-0.1, -0.05) is 13.3 Å². The number of urea groups is 1. The van der Waals surface area contributed by atoms with Crippen LogP contribution in [0.4, 0.5) is 16.3 Å². The van der Waals surface area contributed by atoms with Gasteiger partial charge in [0.05, 0.1) is 5.52 Å². The van der Waals surface area contributed by atoms with Crippen LogP contribution >= 0.6 is 0 Å². The van der Waals surface area contributed by atoms with Crippen molar-refractivity contribution in [2.75, 3.05) is 23.7 Å². The smallest absolute Gasteiger partial charge is 0.408 e. The molecule has 148 valence electrons. The maximum Gasteiger partial charge on any atom is 0.417 e. The summed E-state index contributed by atoms with van der Waals surface area (Å²) < 4.78 is 4.98. The minimum Gasteiger partial charge on any atom is -0.408 e. The molecule has 0 aliphatic carbocycles. The molecule has 2 amide bonds. The number of aromatic nitrogens is 3. The van der Waals surface area contributed by atoms with Crippen LogP contribution in [0.2, 0.25) is 0 Å². The first kappa shape index (κ1) is 19.4. The number of oxazole rings is 1. The number of hydrogen-bond donors (Lipinski definition) is 4. The van der Waals surface area contributed by atoms with Gasteiger partial charge in [0.1, 0.15) is 11.6 Å². The first-order valence-corrected chi connectivity index (χ1v) is 9.29. The molecule has 9 heteroatoms. The number of anilines is 2. The fraction of sp³-hybridized carbons (Fsp3) is 0.368. The van der Waals surface area contributed by atoms with E-state index in [4.69, 9.17) is 4.42 Å². The minimum atomic E-state index is -0.527. The molecule has 0 radical (unpaired) electrons. The van der Waals surface area contributed by atoms with Crippen LogP contribution in [-0.4, -0.2) is 34.1 Å². The van der Waals surface area contributed by atoms with Crippen molar-refractivity contribution in [3.63, 3.8) is 0 Å². The van der Waals surface area contributed by atoms with Gasteiger partial charge in [0.25, 0.3) is 0 Å². The maximum atomic E-state index is 12.0. The van der Waals surface area contributed by atoms with E-state index in [-0.39, 0.29) is 6.03 Å². The maximum absolute atomic E-state index is 12.0. The SMILES string of the molecule is CCCCc1nc(C)cc(NCCNC(=O)Nc2ccc3[nH]c(=O)oc3c2)n1. The van der Waals surface area contributed by atoms with Gasteiger partial charge >= 0.3 is 11.8 Å². The molecule has 0 aliphatic rings. The van der Waals surface area contributed by atoms with Crippen LogP contribution in [0.15, 0.2) is 33.5 Å². The molecule has 0 spiro atoms. The average molecular weight is 384 g/mol. The van der Waals surface area contributed by atoms with Gasteiger partial charge in [-0.3, -0.25) is 4.98 Å². The molecule has 2 heterocycles. The third-order valence-electron chi connectivity index (χ3n) is 4.05. The van der Waals surface area contributed by atoms with Crippen molar-refractivity contribution in [2.45, 2.75) is 33.1 Å². The van der Waals surface area contributed by atoms with Gasteiger partial charge < -0.3 is 20.4 Å². The number of carbonyl (C=O) groups excluding carboxylic acids is 1. The summed E-state index contributed by atoms with van der Waals surface area (Å²) in [5, 5.41) is 8.67. The first-order valence-electron chi connectivity index (χ1n) is 9.29. The van der Waals surface area contributed by atoms with Gasteiger partial charge in [0.2, 0.25) is 0 Å². The minimum absolute atomic E-state index is 0.346. The van der Waals surface area contributed by atoms with E-state index >= 15 is 0 Å². The number of aryl methyl sites for hydroxylation is 2. The number of nitrogens with one attached hydrogen (secondary N) is 4. The van der Waals surface area contributed by atoms with Crippen LogP contribution in [-0.2, 0) is 6.42 Å². The molecule has 9 nitrogen and oxygen atoms in total. The van der Waals surface area contributed by atoms with Gasteiger partial charge in [-0.2, -0.15) is 0 Å². The second-order valence-electron chi connectivity index (χ2n) is 6.45. The monoisotopic (exact) mass is 384 g/mol. The lowest BCUT2D eigenvalue weighted by Crippen LogP contribution is -2.32. The van der Waals surface area contributed by atoms with Gasteiger partial charge in [0.15, 0.2) is 5.58 Å². The second kappa shape index (κ2) is 9.03. The van der Waals surface area contributed by atoms with E-state index in [9.17, 15) is 9.59 Å². The lowest BCUT2D eigenvalue weighted by molar-refractivity contribution is 0.252. The zero-order valence-corrected chi connectivity index (χ0v) is 16.0. The Morgan fingerprint density at radius 3 is 2.89 bits per heavy atom. The fourth-order valence-electron chi connectivity index (χ4n) is 2.73. The van der Waals surface area contributed by atoms with Crippen LogP contribution in [0.25, 0.3) is 11.1 Å². The Bertz CT molecular complexity index is 1010. The van der Waals surface area contributed by atoms with Crippen molar-refractivity contribution in [1.82, 2.24) is 20.3 Å². The quantitative estimate of drug-likeness (QED) is 0.443. The summed E-state index contributed by atoms with van der Waals surface area (Å²) in [5.74, 6) is 1.07. The number of fused-ring (bicyclic) bond motifs is 1. The number of H-pyrrole nitrogens is 1. The van der Waals surface area contributed by atoms with E-state index in [0.29, 0.717) is 29.9 Å². The number of benzene rings is 1. The highest BCUT2D eigenvalue weighted by atomic mass is 16.4. The number of hydrogen-bond acceptors (Lipinski definition) is 6. The predicted octanol–water partition coefficient (Wildman–Crippen LogP) is 2.80. The van der Waals surface area contributed by atoms with E-state index in [1.807, 2.05) is 13.0 Å². The fourth-order valence-corrected chi connectivity index (χ4v) is 2.73.